The SMILES string of the molecule is CSC=C(c1ccccc1)C(C)SC. The van der Waals surface area contributed by atoms with E-state index in [1.165, 1.54) is 11.1 Å². The molecule has 0 aliphatic heterocycles. The number of thioether (sulfide) groups is 2. The van der Waals surface area contributed by atoms with Gasteiger partial charge in [-0.25, -0.2) is 0 Å². The van der Waals surface area contributed by atoms with E-state index in [1.54, 1.807) is 11.8 Å². The first-order valence-electron chi connectivity index (χ1n) is 4.60. The lowest BCUT2D eigenvalue weighted by molar-refractivity contribution is 1.27. The molecule has 0 spiro atoms. The van der Waals surface area contributed by atoms with E-state index in [2.05, 4.69) is 55.2 Å². The molecule has 1 aromatic carbocycles. The first-order valence-corrected chi connectivity index (χ1v) is 7.18. The molecule has 0 saturated carbocycles. The number of rotatable bonds is 4. The highest BCUT2D eigenvalue weighted by molar-refractivity contribution is 8.02. The van der Waals surface area contributed by atoms with Crippen LogP contribution in [-0.2, 0) is 0 Å². The fourth-order valence-corrected chi connectivity index (χ4v) is 2.42. The molecule has 14 heavy (non-hydrogen) atoms. The Balaban J connectivity index is 2.95. The zero-order valence-electron chi connectivity index (χ0n) is 8.86. The lowest BCUT2D eigenvalue weighted by Gasteiger charge is -2.13. The van der Waals surface area contributed by atoms with Crippen LogP contribution in [0.5, 0.6) is 0 Å². The Morgan fingerprint density at radius 2 is 1.86 bits per heavy atom. The zero-order valence-corrected chi connectivity index (χ0v) is 10.5. The molecule has 1 aromatic rings. The van der Waals surface area contributed by atoms with Gasteiger partial charge in [0, 0.05) is 5.25 Å². The van der Waals surface area contributed by atoms with Gasteiger partial charge in [0.1, 0.15) is 0 Å². The van der Waals surface area contributed by atoms with E-state index in [1.807, 2.05) is 11.8 Å². The summed E-state index contributed by atoms with van der Waals surface area (Å²) in [6, 6.07) is 10.6. The Hall–Kier alpha value is -0.340. The fraction of sp³-hybridized carbons (Fsp3) is 0.333. The molecule has 1 atom stereocenters. The van der Waals surface area contributed by atoms with Crippen molar-refractivity contribution in [2.75, 3.05) is 12.5 Å². The van der Waals surface area contributed by atoms with Crippen LogP contribution in [-0.4, -0.2) is 17.8 Å². The average molecular weight is 224 g/mol. The van der Waals surface area contributed by atoms with Crippen molar-refractivity contribution in [3.63, 3.8) is 0 Å². The van der Waals surface area contributed by atoms with Gasteiger partial charge in [0.2, 0.25) is 0 Å². The van der Waals surface area contributed by atoms with Crippen molar-refractivity contribution >= 4 is 29.1 Å². The maximum Gasteiger partial charge on any atom is 0.0277 e. The van der Waals surface area contributed by atoms with Crippen LogP contribution in [0.15, 0.2) is 35.7 Å². The van der Waals surface area contributed by atoms with Gasteiger partial charge in [-0.2, -0.15) is 11.8 Å². The van der Waals surface area contributed by atoms with E-state index in [0.29, 0.717) is 5.25 Å². The smallest absolute Gasteiger partial charge is 0.0277 e. The summed E-state index contributed by atoms with van der Waals surface area (Å²) in [7, 11) is 0. The molecule has 0 nitrogen and oxygen atoms in total. The van der Waals surface area contributed by atoms with Gasteiger partial charge in [-0.3, -0.25) is 0 Å². The summed E-state index contributed by atoms with van der Waals surface area (Å²) in [6.45, 7) is 2.25. The number of benzene rings is 1. The molecule has 0 radical (unpaired) electrons. The van der Waals surface area contributed by atoms with Gasteiger partial charge >= 0.3 is 0 Å². The summed E-state index contributed by atoms with van der Waals surface area (Å²) in [6.07, 6.45) is 4.26. The molecule has 0 saturated heterocycles. The van der Waals surface area contributed by atoms with Crippen molar-refractivity contribution in [1.82, 2.24) is 0 Å². The van der Waals surface area contributed by atoms with Gasteiger partial charge in [0.05, 0.1) is 0 Å². The molecular formula is C12H16S2. The summed E-state index contributed by atoms with van der Waals surface area (Å²) in [5, 5.41) is 2.81. The molecule has 1 unspecified atom stereocenters. The van der Waals surface area contributed by atoms with E-state index in [-0.39, 0.29) is 0 Å². The van der Waals surface area contributed by atoms with Crippen LogP contribution in [0.4, 0.5) is 0 Å². The van der Waals surface area contributed by atoms with Gasteiger partial charge < -0.3 is 0 Å². The highest BCUT2D eigenvalue weighted by atomic mass is 32.2. The van der Waals surface area contributed by atoms with Gasteiger partial charge in [0.25, 0.3) is 0 Å². The molecule has 0 heterocycles. The van der Waals surface area contributed by atoms with Crippen LogP contribution in [0.3, 0.4) is 0 Å². The third-order valence-electron chi connectivity index (χ3n) is 2.14. The predicted octanol–water partition coefficient (Wildman–Crippen LogP) is 4.14. The van der Waals surface area contributed by atoms with Crippen LogP contribution in [0.1, 0.15) is 12.5 Å². The minimum Gasteiger partial charge on any atom is -0.157 e. The average Bonchev–Trinajstić information content (AvgIpc) is 2.26. The van der Waals surface area contributed by atoms with Gasteiger partial charge in [-0.1, -0.05) is 30.3 Å². The Kier molecular flexibility index (Phi) is 5.20. The second-order valence-electron chi connectivity index (χ2n) is 3.05. The highest BCUT2D eigenvalue weighted by Gasteiger charge is 2.08. The summed E-state index contributed by atoms with van der Waals surface area (Å²) >= 11 is 3.66. The van der Waals surface area contributed by atoms with Gasteiger partial charge in [-0.05, 0) is 36.0 Å². The van der Waals surface area contributed by atoms with Gasteiger partial charge in [-0.15, -0.1) is 11.8 Å². The third kappa shape index (κ3) is 3.10. The molecule has 0 aliphatic carbocycles. The lowest BCUT2D eigenvalue weighted by atomic mass is 10.1. The normalized spacial score (nSPS) is 14.1. The minimum absolute atomic E-state index is 0.560. The maximum atomic E-state index is 2.25. The van der Waals surface area contributed by atoms with E-state index in [4.69, 9.17) is 0 Å². The first kappa shape index (κ1) is 11.7. The van der Waals surface area contributed by atoms with E-state index in [0.717, 1.165) is 0 Å². The van der Waals surface area contributed by atoms with Crippen molar-refractivity contribution in [2.24, 2.45) is 0 Å². The Labute approximate surface area is 95.2 Å². The lowest BCUT2D eigenvalue weighted by Crippen LogP contribution is -1.99. The maximum absolute atomic E-state index is 2.25. The van der Waals surface area contributed by atoms with E-state index in [9.17, 15) is 0 Å². The second-order valence-corrected chi connectivity index (χ2v) is 4.94. The monoisotopic (exact) mass is 224 g/mol. The largest absolute Gasteiger partial charge is 0.157 e. The van der Waals surface area contributed by atoms with Crippen molar-refractivity contribution in [2.45, 2.75) is 12.2 Å². The highest BCUT2D eigenvalue weighted by Crippen LogP contribution is 2.27. The van der Waals surface area contributed by atoms with Crippen LogP contribution in [0.2, 0.25) is 0 Å². The quantitative estimate of drug-likeness (QED) is 0.754. The zero-order chi connectivity index (χ0) is 10.4. The number of hydrogen-bond donors (Lipinski definition) is 0. The van der Waals surface area contributed by atoms with Crippen LogP contribution in [0, 0.1) is 0 Å². The molecule has 0 aliphatic rings. The summed E-state index contributed by atoms with van der Waals surface area (Å²) in [5.41, 5.74) is 2.76. The van der Waals surface area contributed by atoms with Crippen molar-refractivity contribution in [3.8, 4) is 0 Å². The topological polar surface area (TPSA) is 0 Å². The standard InChI is InChI=1S/C12H16S2/c1-10(14-3)12(9-13-2)11-7-5-4-6-8-11/h4-10H,1-3H3. The third-order valence-corrected chi connectivity index (χ3v) is 3.59. The molecule has 0 N–H and O–H groups in total. The van der Waals surface area contributed by atoms with Crippen molar-refractivity contribution in [1.29, 1.82) is 0 Å². The molecule has 1 rings (SSSR count). The van der Waals surface area contributed by atoms with Crippen LogP contribution in [0.25, 0.3) is 5.57 Å². The molecule has 0 bridgehead atoms. The van der Waals surface area contributed by atoms with Gasteiger partial charge in [0.15, 0.2) is 0 Å². The Morgan fingerprint density at radius 1 is 1.21 bits per heavy atom. The summed E-state index contributed by atoms with van der Waals surface area (Å²) < 4.78 is 0. The van der Waals surface area contributed by atoms with Crippen LogP contribution >= 0.6 is 23.5 Å². The molecular weight excluding hydrogens is 208 g/mol. The van der Waals surface area contributed by atoms with E-state index >= 15 is 0 Å². The molecule has 0 fully saturated rings. The van der Waals surface area contributed by atoms with Crippen molar-refractivity contribution in [3.05, 3.63) is 41.3 Å². The fourth-order valence-electron chi connectivity index (χ4n) is 1.28. The Morgan fingerprint density at radius 3 is 2.36 bits per heavy atom. The second kappa shape index (κ2) is 6.20. The molecule has 0 amide bonds. The minimum atomic E-state index is 0.560. The van der Waals surface area contributed by atoms with Crippen LogP contribution < -0.4 is 0 Å². The number of hydrogen-bond acceptors (Lipinski definition) is 2. The summed E-state index contributed by atoms with van der Waals surface area (Å²) in [4.78, 5) is 0. The predicted molar refractivity (Wildman–Crippen MR) is 70.9 cm³/mol. The molecule has 2 heteroatoms. The first-order chi connectivity index (χ1) is 6.79. The Bertz CT molecular complexity index is 290. The van der Waals surface area contributed by atoms with E-state index < -0.39 is 0 Å². The molecule has 76 valence electrons. The molecule has 0 aromatic heterocycles. The summed E-state index contributed by atoms with van der Waals surface area (Å²) in [5.74, 6) is 0. The van der Waals surface area contributed by atoms with Crippen molar-refractivity contribution < 1.29 is 0 Å².